The van der Waals surface area contributed by atoms with E-state index in [0.29, 0.717) is 18.3 Å². The molecular weight excluding hydrogens is 264 g/mol. The summed E-state index contributed by atoms with van der Waals surface area (Å²) in [5.74, 6) is 0.650. The Bertz CT molecular complexity index is 326. The van der Waals surface area contributed by atoms with E-state index in [9.17, 15) is 9.59 Å². The number of Topliss-reactive ketones (excluding diaryl/α,β-unsaturated/α-hetero) is 1. The summed E-state index contributed by atoms with van der Waals surface area (Å²) in [4.78, 5) is 23.8. The number of carbonyl (C=O) groups is 2. The zero-order valence-corrected chi connectivity index (χ0v) is 15.0. The lowest BCUT2D eigenvalue weighted by Gasteiger charge is -2.32. The first-order chi connectivity index (χ1) is 9.71. The molecule has 1 aliphatic rings. The Kier molecular flexibility index (Phi) is 8.84. The Morgan fingerprint density at radius 3 is 2.19 bits per heavy atom. The summed E-state index contributed by atoms with van der Waals surface area (Å²) in [6.07, 6.45) is 4.00. The summed E-state index contributed by atoms with van der Waals surface area (Å²) < 4.78 is 5.31. The van der Waals surface area contributed by atoms with Gasteiger partial charge in [0.2, 0.25) is 0 Å². The van der Waals surface area contributed by atoms with Crippen molar-refractivity contribution < 1.29 is 14.3 Å². The van der Waals surface area contributed by atoms with Crippen LogP contribution < -0.4 is 0 Å². The van der Waals surface area contributed by atoms with Crippen molar-refractivity contribution in [1.82, 2.24) is 0 Å². The van der Waals surface area contributed by atoms with E-state index in [1.165, 1.54) is 0 Å². The first-order valence-corrected chi connectivity index (χ1v) is 8.42. The van der Waals surface area contributed by atoms with Gasteiger partial charge in [-0.2, -0.15) is 0 Å². The second kappa shape index (κ2) is 9.22. The lowest BCUT2D eigenvalue weighted by atomic mass is 9.73. The van der Waals surface area contributed by atoms with Gasteiger partial charge in [-0.3, -0.25) is 9.59 Å². The minimum Gasteiger partial charge on any atom is -0.465 e. The maximum Gasteiger partial charge on any atom is 0.308 e. The maximum absolute atomic E-state index is 12.3. The third-order valence-electron chi connectivity index (χ3n) is 3.83. The standard InChI is InChI=1S/C16H28O3.C2H6/c1-11(2)15(18)19-10-12-7-6-8-13(9-12)14(17)16(3,4)5;1-2/h11-13H,6-10H2,1-5H3;1-2H3. The lowest BCUT2D eigenvalue weighted by Crippen LogP contribution is -2.33. The van der Waals surface area contributed by atoms with Crippen LogP contribution >= 0.6 is 0 Å². The van der Waals surface area contributed by atoms with Gasteiger partial charge in [0.15, 0.2) is 0 Å². The molecule has 0 amide bonds. The third kappa shape index (κ3) is 7.10. The summed E-state index contributed by atoms with van der Waals surface area (Å²) in [5.41, 5.74) is -0.263. The van der Waals surface area contributed by atoms with Crippen molar-refractivity contribution in [2.45, 2.75) is 74.1 Å². The summed E-state index contributed by atoms with van der Waals surface area (Å²) in [6, 6.07) is 0. The molecule has 1 fully saturated rings. The van der Waals surface area contributed by atoms with Crippen molar-refractivity contribution in [3.8, 4) is 0 Å². The van der Waals surface area contributed by atoms with E-state index >= 15 is 0 Å². The molecule has 124 valence electrons. The largest absolute Gasteiger partial charge is 0.465 e. The summed E-state index contributed by atoms with van der Waals surface area (Å²) in [5, 5.41) is 0. The highest BCUT2D eigenvalue weighted by molar-refractivity contribution is 5.86. The second-order valence-electron chi connectivity index (χ2n) is 7.13. The van der Waals surface area contributed by atoms with Crippen LogP contribution in [0, 0.1) is 23.2 Å². The average Bonchev–Trinajstić information content (AvgIpc) is 2.45. The predicted molar refractivity (Wildman–Crippen MR) is 87.1 cm³/mol. The normalized spacial score (nSPS) is 22.3. The molecule has 21 heavy (non-hydrogen) atoms. The molecule has 0 aromatic rings. The van der Waals surface area contributed by atoms with Crippen molar-refractivity contribution in [1.29, 1.82) is 0 Å². The number of ether oxygens (including phenoxy) is 1. The molecule has 0 aliphatic heterocycles. The first-order valence-electron chi connectivity index (χ1n) is 8.42. The van der Waals surface area contributed by atoms with Gasteiger partial charge in [0, 0.05) is 11.3 Å². The highest BCUT2D eigenvalue weighted by Gasteiger charge is 2.33. The minimum absolute atomic E-state index is 0.0735. The van der Waals surface area contributed by atoms with Gasteiger partial charge in [-0.25, -0.2) is 0 Å². The molecular formula is C18H34O3. The van der Waals surface area contributed by atoms with Crippen LogP contribution in [0.2, 0.25) is 0 Å². The van der Waals surface area contributed by atoms with Crippen molar-refractivity contribution in [3.05, 3.63) is 0 Å². The van der Waals surface area contributed by atoms with Crippen LogP contribution in [0.1, 0.15) is 74.1 Å². The molecule has 1 aliphatic carbocycles. The highest BCUT2D eigenvalue weighted by Crippen LogP contribution is 2.34. The molecule has 1 saturated carbocycles. The fourth-order valence-corrected chi connectivity index (χ4v) is 2.66. The number of rotatable bonds is 4. The fraction of sp³-hybridized carbons (Fsp3) is 0.889. The smallest absolute Gasteiger partial charge is 0.308 e. The van der Waals surface area contributed by atoms with Crippen molar-refractivity contribution in [2.75, 3.05) is 6.61 Å². The minimum atomic E-state index is -0.263. The molecule has 2 unspecified atom stereocenters. The zero-order chi connectivity index (χ0) is 16.6. The van der Waals surface area contributed by atoms with E-state index in [2.05, 4.69) is 0 Å². The molecule has 0 heterocycles. The molecule has 3 heteroatoms. The average molecular weight is 298 g/mol. The number of esters is 1. The Morgan fingerprint density at radius 1 is 1.14 bits per heavy atom. The Balaban J connectivity index is 0.00000191. The monoisotopic (exact) mass is 298 g/mol. The van der Waals surface area contributed by atoms with Crippen LogP contribution in [0.25, 0.3) is 0 Å². The first kappa shape index (κ1) is 20.1. The van der Waals surface area contributed by atoms with Crippen LogP contribution in [0.4, 0.5) is 0 Å². The van der Waals surface area contributed by atoms with Crippen LogP contribution in [-0.2, 0) is 14.3 Å². The number of ketones is 1. The van der Waals surface area contributed by atoms with Gasteiger partial charge in [-0.1, -0.05) is 54.9 Å². The fourth-order valence-electron chi connectivity index (χ4n) is 2.66. The van der Waals surface area contributed by atoms with Gasteiger partial charge in [0.25, 0.3) is 0 Å². The summed E-state index contributed by atoms with van der Waals surface area (Å²) in [6.45, 7) is 14.1. The van der Waals surface area contributed by atoms with E-state index in [0.717, 1.165) is 25.7 Å². The van der Waals surface area contributed by atoms with Crippen LogP contribution in [-0.4, -0.2) is 18.4 Å². The van der Waals surface area contributed by atoms with Gasteiger partial charge >= 0.3 is 5.97 Å². The van der Waals surface area contributed by atoms with E-state index in [-0.39, 0.29) is 23.2 Å². The summed E-state index contributed by atoms with van der Waals surface area (Å²) >= 11 is 0. The number of hydrogen-bond donors (Lipinski definition) is 0. The molecule has 0 radical (unpaired) electrons. The SMILES string of the molecule is CC.CC(C)C(=O)OCC1CCCC(C(=O)C(C)(C)C)C1. The predicted octanol–water partition coefficient (Wildman–Crippen LogP) is 4.63. The Hall–Kier alpha value is -0.860. The van der Waals surface area contributed by atoms with Crippen molar-refractivity contribution in [2.24, 2.45) is 23.2 Å². The van der Waals surface area contributed by atoms with E-state index in [1.807, 2.05) is 48.5 Å². The zero-order valence-electron chi connectivity index (χ0n) is 15.0. The molecule has 2 atom stereocenters. The van der Waals surface area contributed by atoms with Gasteiger partial charge in [0.05, 0.1) is 12.5 Å². The van der Waals surface area contributed by atoms with Gasteiger partial charge in [0.1, 0.15) is 5.78 Å². The highest BCUT2D eigenvalue weighted by atomic mass is 16.5. The van der Waals surface area contributed by atoms with Crippen molar-refractivity contribution in [3.63, 3.8) is 0 Å². The molecule has 3 nitrogen and oxygen atoms in total. The van der Waals surface area contributed by atoms with Gasteiger partial charge in [-0.15, -0.1) is 0 Å². The van der Waals surface area contributed by atoms with Crippen LogP contribution in [0.3, 0.4) is 0 Å². The van der Waals surface area contributed by atoms with Gasteiger partial charge < -0.3 is 4.74 Å². The molecule has 0 aromatic heterocycles. The topological polar surface area (TPSA) is 43.4 Å². The quantitative estimate of drug-likeness (QED) is 0.710. The molecule has 0 bridgehead atoms. The second-order valence-corrected chi connectivity index (χ2v) is 7.13. The number of hydrogen-bond acceptors (Lipinski definition) is 3. The van der Waals surface area contributed by atoms with Crippen LogP contribution in [0.15, 0.2) is 0 Å². The third-order valence-corrected chi connectivity index (χ3v) is 3.83. The lowest BCUT2D eigenvalue weighted by molar-refractivity contribution is -0.149. The van der Waals surface area contributed by atoms with Crippen molar-refractivity contribution >= 4 is 11.8 Å². The number of carbonyl (C=O) groups excluding carboxylic acids is 2. The Morgan fingerprint density at radius 2 is 1.71 bits per heavy atom. The van der Waals surface area contributed by atoms with E-state index < -0.39 is 0 Å². The summed E-state index contributed by atoms with van der Waals surface area (Å²) in [7, 11) is 0. The Labute approximate surface area is 130 Å². The molecule has 0 N–H and O–H groups in total. The molecule has 0 spiro atoms. The molecule has 0 saturated heterocycles. The van der Waals surface area contributed by atoms with E-state index in [4.69, 9.17) is 4.74 Å². The maximum atomic E-state index is 12.3. The molecule has 0 aromatic carbocycles. The van der Waals surface area contributed by atoms with Crippen LogP contribution in [0.5, 0.6) is 0 Å². The molecule has 1 rings (SSSR count). The van der Waals surface area contributed by atoms with Gasteiger partial charge in [-0.05, 0) is 25.2 Å². The van der Waals surface area contributed by atoms with E-state index in [1.54, 1.807) is 0 Å².